The smallest absolute Gasteiger partial charge is 0.241 e. The molecule has 17 heavy (non-hydrogen) atoms. The molecule has 1 heterocycles. The molecule has 1 rings (SSSR count). The Balaban J connectivity index is 3.43. The maximum Gasteiger partial charge on any atom is 0.433 e. The minimum Gasteiger partial charge on any atom is -0.241 e. The first-order chi connectivity index (χ1) is 7.77. The zero-order valence-corrected chi connectivity index (χ0v) is 9.61. The number of hydrogen-bond acceptors (Lipinski definition) is 2. The van der Waals surface area contributed by atoms with Gasteiger partial charge < -0.3 is 0 Å². The zero-order valence-electron chi connectivity index (χ0n) is 8.02. The van der Waals surface area contributed by atoms with Gasteiger partial charge in [-0.2, -0.15) is 18.4 Å². The van der Waals surface area contributed by atoms with Gasteiger partial charge in [0.15, 0.2) is 0 Å². The summed E-state index contributed by atoms with van der Waals surface area (Å²) in [5, 5.41) is 8.37. The molecule has 0 aliphatic heterocycles. The molecule has 0 amide bonds. The molecule has 0 saturated carbocycles. The molecule has 1 aromatic heterocycles. The van der Waals surface area contributed by atoms with Crippen molar-refractivity contribution in [2.24, 2.45) is 0 Å². The summed E-state index contributed by atoms with van der Waals surface area (Å²) < 4.78 is 62.1. The van der Waals surface area contributed by atoms with Gasteiger partial charge in [0.05, 0.1) is 12.5 Å². The molecule has 8 heteroatoms. The monoisotopic (exact) mass is 314 g/mol. The predicted octanol–water partition coefficient (Wildman–Crippen LogP) is 3.87. The van der Waals surface area contributed by atoms with Crippen molar-refractivity contribution in [1.29, 1.82) is 5.26 Å². The van der Waals surface area contributed by atoms with Crippen LogP contribution < -0.4 is 0 Å². The highest BCUT2D eigenvalue weighted by Gasteiger charge is 2.36. The molecule has 0 atom stereocenters. The van der Waals surface area contributed by atoms with Gasteiger partial charge in [0.25, 0.3) is 6.43 Å². The number of hydrogen-bond donors (Lipinski definition) is 0. The molecule has 0 N–H and O–H groups in total. The van der Waals surface area contributed by atoms with Crippen LogP contribution in [0.2, 0.25) is 0 Å². The van der Waals surface area contributed by atoms with Crippen LogP contribution in [0.15, 0.2) is 10.5 Å². The van der Waals surface area contributed by atoms with E-state index in [1.807, 2.05) is 0 Å². The lowest BCUT2D eigenvalue weighted by Crippen LogP contribution is -2.14. The fourth-order valence-corrected chi connectivity index (χ4v) is 1.70. The van der Waals surface area contributed by atoms with Crippen molar-refractivity contribution in [3.8, 4) is 6.07 Å². The molecule has 0 fully saturated rings. The second-order valence-electron chi connectivity index (χ2n) is 3.00. The topological polar surface area (TPSA) is 36.7 Å². The van der Waals surface area contributed by atoms with Crippen LogP contribution in [0.5, 0.6) is 0 Å². The Bertz CT molecular complexity index is 464. The average molecular weight is 315 g/mol. The molecule has 0 spiro atoms. The number of nitriles is 1. The van der Waals surface area contributed by atoms with Gasteiger partial charge in [-0.15, -0.1) is 0 Å². The van der Waals surface area contributed by atoms with Crippen molar-refractivity contribution < 1.29 is 22.0 Å². The van der Waals surface area contributed by atoms with Gasteiger partial charge >= 0.3 is 6.18 Å². The minimum absolute atomic E-state index is 0.245. The first kappa shape index (κ1) is 13.8. The van der Waals surface area contributed by atoms with Crippen LogP contribution in [0, 0.1) is 11.3 Å². The molecular formula is C9H4BrF5N2. The molecule has 0 unspecified atom stereocenters. The normalized spacial score (nSPS) is 11.6. The fraction of sp³-hybridized carbons (Fsp3) is 0.333. The van der Waals surface area contributed by atoms with E-state index in [9.17, 15) is 22.0 Å². The molecule has 0 aliphatic carbocycles. The first-order valence-electron chi connectivity index (χ1n) is 4.19. The third kappa shape index (κ3) is 3.12. The van der Waals surface area contributed by atoms with Gasteiger partial charge in [0.1, 0.15) is 11.4 Å². The summed E-state index contributed by atoms with van der Waals surface area (Å²) in [5.74, 6) is 0. The Morgan fingerprint density at radius 1 is 1.41 bits per heavy atom. The van der Waals surface area contributed by atoms with E-state index < -0.39 is 36.0 Å². The molecule has 0 aliphatic rings. The zero-order chi connectivity index (χ0) is 13.2. The third-order valence-corrected chi connectivity index (χ3v) is 2.46. The van der Waals surface area contributed by atoms with Crippen LogP contribution in [0.1, 0.15) is 23.4 Å². The second kappa shape index (κ2) is 4.96. The Labute approximate surface area is 101 Å². The SMILES string of the molecule is N#CCc1cc(Br)c(C(F)F)nc1C(F)(F)F. The maximum absolute atomic E-state index is 12.5. The quantitative estimate of drug-likeness (QED) is 0.777. The van der Waals surface area contributed by atoms with Crippen LogP contribution in [-0.2, 0) is 12.6 Å². The summed E-state index contributed by atoms with van der Waals surface area (Å²) in [5.41, 5.74) is -2.87. The third-order valence-electron chi connectivity index (χ3n) is 1.83. The molecular weight excluding hydrogens is 311 g/mol. The van der Waals surface area contributed by atoms with E-state index >= 15 is 0 Å². The van der Waals surface area contributed by atoms with Gasteiger partial charge in [-0.3, -0.25) is 0 Å². The highest BCUT2D eigenvalue weighted by molar-refractivity contribution is 9.10. The summed E-state index contributed by atoms with van der Waals surface area (Å²) >= 11 is 2.70. The summed E-state index contributed by atoms with van der Waals surface area (Å²) in [4.78, 5) is 2.89. The van der Waals surface area contributed by atoms with Crippen molar-refractivity contribution in [1.82, 2.24) is 4.98 Å². The summed E-state index contributed by atoms with van der Waals surface area (Å²) in [7, 11) is 0. The van der Waals surface area contributed by atoms with Crippen LogP contribution >= 0.6 is 15.9 Å². The largest absolute Gasteiger partial charge is 0.433 e. The maximum atomic E-state index is 12.5. The number of halogens is 6. The average Bonchev–Trinajstić information content (AvgIpc) is 2.15. The van der Waals surface area contributed by atoms with Crippen molar-refractivity contribution in [3.05, 3.63) is 27.5 Å². The summed E-state index contributed by atoms with van der Waals surface area (Å²) in [6.45, 7) is 0. The first-order valence-corrected chi connectivity index (χ1v) is 4.98. The summed E-state index contributed by atoms with van der Waals surface area (Å²) in [6, 6.07) is 2.37. The van der Waals surface area contributed by atoms with Crippen molar-refractivity contribution in [2.75, 3.05) is 0 Å². The summed E-state index contributed by atoms with van der Waals surface area (Å²) in [6.07, 6.45) is -8.54. The van der Waals surface area contributed by atoms with Crippen LogP contribution in [0.25, 0.3) is 0 Å². The van der Waals surface area contributed by atoms with Crippen molar-refractivity contribution in [3.63, 3.8) is 0 Å². The number of alkyl halides is 5. The number of rotatable bonds is 2. The van der Waals surface area contributed by atoms with Crippen LogP contribution in [0.3, 0.4) is 0 Å². The predicted molar refractivity (Wildman–Crippen MR) is 51.2 cm³/mol. The highest BCUT2D eigenvalue weighted by atomic mass is 79.9. The number of nitrogens with zero attached hydrogens (tertiary/aromatic N) is 2. The van der Waals surface area contributed by atoms with Crippen LogP contribution in [-0.4, -0.2) is 4.98 Å². The van der Waals surface area contributed by atoms with E-state index in [0.717, 1.165) is 6.07 Å². The fourth-order valence-electron chi connectivity index (χ4n) is 1.16. The van der Waals surface area contributed by atoms with E-state index in [1.54, 1.807) is 0 Å². The Hall–Kier alpha value is -1.23. The van der Waals surface area contributed by atoms with E-state index in [0.29, 0.717) is 0 Å². The van der Waals surface area contributed by atoms with Gasteiger partial charge in [-0.25, -0.2) is 13.8 Å². The van der Waals surface area contributed by atoms with E-state index in [4.69, 9.17) is 5.26 Å². The molecule has 2 nitrogen and oxygen atoms in total. The van der Waals surface area contributed by atoms with E-state index in [1.165, 1.54) is 6.07 Å². The van der Waals surface area contributed by atoms with Gasteiger partial charge in [-0.05, 0) is 27.6 Å². The highest BCUT2D eigenvalue weighted by Crippen LogP contribution is 2.35. The van der Waals surface area contributed by atoms with Crippen molar-refractivity contribution >= 4 is 15.9 Å². The Kier molecular flexibility index (Phi) is 4.03. The van der Waals surface area contributed by atoms with Gasteiger partial charge in [0, 0.05) is 4.47 Å². The van der Waals surface area contributed by atoms with Crippen LogP contribution in [0.4, 0.5) is 22.0 Å². The minimum atomic E-state index is -4.86. The lowest BCUT2D eigenvalue weighted by atomic mass is 10.1. The molecule has 0 bridgehead atoms. The van der Waals surface area contributed by atoms with E-state index in [2.05, 4.69) is 20.9 Å². The standard InChI is InChI=1S/C9H4BrF5N2/c10-5-3-4(1-2-16)7(9(13,14)15)17-6(5)8(11)12/h3,8H,1H2. The number of aromatic nitrogens is 1. The Morgan fingerprint density at radius 3 is 2.41 bits per heavy atom. The lowest BCUT2D eigenvalue weighted by molar-refractivity contribution is -0.142. The van der Waals surface area contributed by atoms with Gasteiger partial charge in [-0.1, -0.05) is 0 Å². The molecule has 1 aromatic rings. The van der Waals surface area contributed by atoms with E-state index in [-0.39, 0.29) is 4.47 Å². The lowest BCUT2D eigenvalue weighted by Gasteiger charge is -2.13. The molecule has 92 valence electrons. The Morgan fingerprint density at radius 2 is 2.00 bits per heavy atom. The van der Waals surface area contributed by atoms with Gasteiger partial charge in [0.2, 0.25) is 0 Å². The van der Waals surface area contributed by atoms with Crippen molar-refractivity contribution in [2.45, 2.75) is 19.0 Å². The molecule has 0 radical (unpaired) electrons. The number of pyridine rings is 1. The molecule has 0 saturated heterocycles. The molecule has 0 aromatic carbocycles. The second-order valence-corrected chi connectivity index (χ2v) is 3.85.